The number of nitrogens with one attached hydrogen (secondary N) is 2. The Hall–Kier alpha value is -3.27. The van der Waals surface area contributed by atoms with Crippen molar-refractivity contribution >= 4 is 17.8 Å². The summed E-state index contributed by atoms with van der Waals surface area (Å²) in [5, 5.41) is 5.05. The molecule has 0 bridgehead atoms. The highest BCUT2D eigenvalue weighted by atomic mass is 19.1. The van der Waals surface area contributed by atoms with Crippen molar-refractivity contribution in [3.8, 4) is 0 Å². The molecule has 0 saturated carbocycles. The highest BCUT2D eigenvalue weighted by Crippen LogP contribution is 2.19. The molecule has 0 unspecified atom stereocenters. The van der Waals surface area contributed by atoms with E-state index >= 15 is 0 Å². The smallest absolute Gasteiger partial charge is 0.409 e. The molecule has 2 heterocycles. The number of urea groups is 1. The van der Waals surface area contributed by atoms with Gasteiger partial charge in [-0.05, 0) is 32.0 Å². The van der Waals surface area contributed by atoms with Gasteiger partial charge < -0.3 is 20.3 Å². The molecule has 0 aliphatic carbocycles. The number of benzene rings is 1. The van der Waals surface area contributed by atoms with Crippen molar-refractivity contribution in [3.63, 3.8) is 0 Å². The van der Waals surface area contributed by atoms with Crippen LogP contribution in [-0.4, -0.2) is 59.7 Å². The number of carbonyl (C=O) groups is 2. The van der Waals surface area contributed by atoms with E-state index in [9.17, 15) is 18.4 Å². The van der Waals surface area contributed by atoms with Crippen molar-refractivity contribution in [2.45, 2.75) is 26.9 Å². The third kappa shape index (κ3) is 6.13. The zero-order valence-electron chi connectivity index (χ0n) is 18.2. The summed E-state index contributed by atoms with van der Waals surface area (Å²) < 4.78 is 34.2. The second-order valence-electron chi connectivity index (χ2n) is 7.46. The second-order valence-corrected chi connectivity index (χ2v) is 7.46. The van der Waals surface area contributed by atoms with Crippen molar-refractivity contribution in [2.75, 3.05) is 38.1 Å². The number of hydrogen-bond donors (Lipinski definition) is 2. The van der Waals surface area contributed by atoms with Gasteiger partial charge in [0.25, 0.3) is 0 Å². The summed E-state index contributed by atoms with van der Waals surface area (Å²) >= 11 is 0. The maximum absolute atomic E-state index is 15.0. The number of hydrogen-bond acceptors (Lipinski definition) is 5. The summed E-state index contributed by atoms with van der Waals surface area (Å²) in [5.74, 6) is -1.41. The van der Waals surface area contributed by atoms with Crippen molar-refractivity contribution in [1.82, 2.24) is 20.1 Å². The molecule has 3 rings (SSSR count). The Labute approximate surface area is 185 Å². The van der Waals surface area contributed by atoms with Gasteiger partial charge in [0.2, 0.25) is 0 Å². The summed E-state index contributed by atoms with van der Waals surface area (Å²) in [5.41, 5.74) is 1.41. The lowest BCUT2D eigenvalue weighted by molar-refractivity contribution is 0.0775. The van der Waals surface area contributed by atoms with Gasteiger partial charge in [0.05, 0.1) is 25.0 Å². The molecule has 3 amide bonds. The molecule has 0 spiro atoms. The van der Waals surface area contributed by atoms with Crippen LogP contribution in [0, 0.1) is 18.6 Å². The number of aryl methyl sites for hydroxylation is 1. The Morgan fingerprint density at radius 2 is 1.88 bits per heavy atom. The Morgan fingerprint density at radius 1 is 1.12 bits per heavy atom. The number of amides is 3. The van der Waals surface area contributed by atoms with Gasteiger partial charge in [0.1, 0.15) is 11.6 Å². The molecule has 0 radical (unpaired) electrons. The lowest BCUT2D eigenvalue weighted by atomic mass is 10.1. The molecule has 2 N–H and O–H groups in total. The lowest BCUT2D eigenvalue weighted by Gasteiger charge is -2.34. The van der Waals surface area contributed by atoms with Crippen LogP contribution in [0.4, 0.5) is 24.1 Å². The van der Waals surface area contributed by atoms with E-state index < -0.39 is 17.7 Å². The van der Waals surface area contributed by atoms with Gasteiger partial charge in [-0.2, -0.15) is 0 Å². The van der Waals surface area contributed by atoms with Crippen LogP contribution in [0.1, 0.15) is 23.7 Å². The first-order chi connectivity index (χ1) is 15.4. The first kappa shape index (κ1) is 23.4. The zero-order valence-corrected chi connectivity index (χ0v) is 18.2. The molecule has 1 aromatic heterocycles. The van der Waals surface area contributed by atoms with Gasteiger partial charge in [0, 0.05) is 49.5 Å². The molecule has 10 heteroatoms. The Balaban J connectivity index is 1.56. The number of aromatic nitrogens is 1. The highest BCUT2D eigenvalue weighted by molar-refractivity contribution is 5.88. The van der Waals surface area contributed by atoms with Gasteiger partial charge >= 0.3 is 12.1 Å². The normalized spacial score (nSPS) is 14.2. The number of ether oxygens (including phenoxy) is 1. The molecule has 0 atom stereocenters. The lowest BCUT2D eigenvalue weighted by Crippen LogP contribution is -2.48. The van der Waals surface area contributed by atoms with E-state index in [2.05, 4.69) is 15.6 Å². The van der Waals surface area contributed by atoms with E-state index in [0.29, 0.717) is 44.0 Å². The topological polar surface area (TPSA) is 86.8 Å². The first-order valence-corrected chi connectivity index (χ1v) is 10.4. The standard InChI is InChI=1S/C22H27F2N5O3/c1-3-32-22(31)29-10-8-28(9-11-29)14-16-5-7-19(23)18(20(16)24)13-26-21(30)27-17-6-4-15(2)25-12-17/h4-7,12H,3,8-11,13-14H2,1-2H3,(H2,26,27,30). The minimum atomic E-state index is -0.726. The molecule has 8 nitrogen and oxygen atoms in total. The largest absolute Gasteiger partial charge is 0.450 e. The molecule has 1 saturated heterocycles. The maximum atomic E-state index is 15.0. The van der Waals surface area contributed by atoms with E-state index in [1.165, 1.54) is 18.3 Å². The monoisotopic (exact) mass is 447 g/mol. The second kappa shape index (κ2) is 10.9. The Kier molecular flexibility index (Phi) is 7.93. The Morgan fingerprint density at radius 3 is 2.53 bits per heavy atom. The molecule has 1 aromatic carbocycles. The van der Waals surface area contributed by atoms with Gasteiger partial charge in [-0.15, -0.1) is 0 Å². The van der Waals surface area contributed by atoms with Crippen molar-refractivity contribution in [2.24, 2.45) is 0 Å². The first-order valence-electron chi connectivity index (χ1n) is 10.4. The number of piperazine rings is 1. The number of halogens is 2. The molecule has 172 valence electrons. The van der Waals surface area contributed by atoms with Crippen LogP contribution in [0.15, 0.2) is 30.5 Å². The van der Waals surface area contributed by atoms with Crippen LogP contribution in [0.5, 0.6) is 0 Å². The van der Waals surface area contributed by atoms with Crippen molar-refractivity contribution < 1.29 is 23.1 Å². The fourth-order valence-corrected chi connectivity index (χ4v) is 3.36. The zero-order chi connectivity index (χ0) is 23.1. The number of pyridine rings is 1. The van der Waals surface area contributed by atoms with E-state index in [0.717, 1.165) is 5.69 Å². The van der Waals surface area contributed by atoms with Crippen LogP contribution in [-0.2, 0) is 17.8 Å². The van der Waals surface area contributed by atoms with Crippen LogP contribution in [0.3, 0.4) is 0 Å². The number of carbonyl (C=O) groups excluding carboxylic acids is 2. The quantitative estimate of drug-likeness (QED) is 0.710. The minimum absolute atomic E-state index is 0.204. The van der Waals surface area contributed by atoms with E-state index in [-0.39, 0.29) is 24.7 Å². The summed E-state index contributed by atoms with van der Waals surface area (Å²) in [6.45, 7) is 5.92. The third-order valence-electron chi connectivity index (χ3n) is 5.15. The molecular formula is C22H27F2N5O3. The molecular weight excluding hydrogens is 420 g/mol. The van der Waals surface area contributed by atoms with Gasteiger partial charge in [-0.25, -0.2) is 18.4 Å². The van der Waals surface area contributed by atoms with Gasteiger partial charge in [-0.1, -0.05) is 6.07 Å². The van der Waals surface area contributed by atoms with Gasteiger partial charge in [-0.3, -0.25) is 9.88 Å². The average Bonchev–Trinajstić information content (AvgIpc) is 2.78. The van der Waals surface area contributed by atoms with Crippen LogP contribution in [0.2, 0.25) is 0 Å². The van der Waals surface area contributed by atoms with Crippen molar-refractivity contribution in [1.29, 1.82) is 0 Å². The molecule has 1 aliphatic heterocycles. The molecule has 32 heavy (non-hydrogen) atoms. The molecule has 1 aliphatic rings. The summed E-state index contributed by atoms with van der Waals surface area (Å²) in [4.78, 5) is 31.5. The third-order valence-corrected chi connectivity index (χ3v) is 5.15. The summed E-state index contributed by atoms with van der Waals surface area (Å²) in [6, 6.07) is 5.45. The van der Waals surface area contributed by atoms with E-state index in [1.807, 2.05) is 11.8 Å². The van der Waals surface area contributed by atoms with Gasteiger partial charge in [0.15, 0.2) is 0 Å². The fraction of sp³-hybridized carbons (Fsp3) is 0.409. The predicted molar refractivity (Wildman–Crippen MR) is 115 cm³/mol. The van der Waals surface area contributed by atoms with Crippen LogP contribution in [0.25, 0.3) is 0 Å². The minimum Gasteiger partial charge on any atom is -0.450 e. The highest BCUT2D eigenvalue weighted by Gasteiger charge is 2.23. The average molecular weight is 447 g/mol. The maximum Gasteiger partial charge on any atom is 0.409 e. The SMILES string of the molecule is CCOC(=O)N1CCN(Cc2ccc(F)c(CNC(=O)Nc3ccc(C)nc3)c2F)CC1. The molecule has 1 fully saturated rings. The number of rotatable bonds is 6. The van der Waals surface area contributed by atoms with Crippen LogP contribution < -0.4 is 10.6 Å². The summed E-state index contributed by atoms with van der Waals surface area (Å²) in [6.07, 6.45) is 1.14. The van der Waals surface area contributed by atoms with Crippen LogP contribution >= 0.6 is 0 Å². The fourth-order valence-electron chi connectivity index (χ4n) is 3.36. The number of anilines is 1. The molecule has 2 aromatic rings. The van der Waals surface area contributed by atoms with E-state index in [1.54, 1.807) is 24.0 Å². The Bertz CT molecular complexity index is 947. The predicted octanol–water partition coefficient (Wildman–Crippen LogP) is 3.26. The number of nitrogens with zero attached hydrogens (tertiary/aromatic N) is 3. The van der Waals surface area contributed by atoms with E-state index in [4.69, 9.17) is 4.74 Å². The summed E-state index contributed by atoms with van der Waals surface area (Å²) in [7, 11) is 0. The van der Waals surface area contributed by atoms with Crippen molar-refractivity contribution in [3.05, 3.63) is 58.9 Å².